The molecule has 0 heterocycles. The first kappa shape index (κ1) is 12.1. The number of para-hydroxylation sites is 1. The average molecular weight is 232 g/mol. The van der Waals surface area contributed by atoms with Crippen molar-refractivity contribution in [3.05, 3.63) is 30.3 Å². The van der Waals surface area contributed by atoms with Gasteiger partial charge in [0, 0.05) is 18.7 Å². The van der Waals surface area contributed by atoms with E-state index in [1.165, 1.54) is 12.8 Å². The fourth-order valence-corrected chi connectivity index (χ4v) is 1.93. The fourth-order valence-electron chi connectivity index (χ4n) is 1.93. The highest BCUT2D eigenvalue weighted by Crippen LogP contribution is 2.33. The molecule has 1 aromatic carbocycles. The summed E-state index contributed by atoms with van der Waals surface area (Å²) in [7, 11) is 0. The normalized spacial score (nSPS) is 14.6. The van der Waals surface area contributed by atoms with E-state index in [4.69, 9.17) is 5.73 Å². The summed E-state index contributed by atoms with van der Waals surface area (Å²) < 4.78 is 0. The van der Waals surface area contributed by atoms with E-state index in [9.17, 15) is 4.79 Å². The van der Waals surface area contributed by atoms with Crippen molar-refractivity contribution >= 4 is 11.6 Å². The highest BCUT2D eigenvalue weighted by molar-refractivity contribution is 5.93. The van der Waals surface area contributed by atoms with Crippen LogP contribution in [0.25, 0.3) is 0 Å². The molecular formula is C14H20N2O. The number of rotatable bonds is 6. The lowest BCUT2D eigenvalue weighted by Gasteiger charge is -2.22. The standard InChI is InChI=1S/C14H20N2O/c15-9-4-10-16(13-5-2-1-3-6-13)14(17)11-12-7-8-12/h1-3,5-6,12H,4,7-11,15H2. The Hall–Kier alpha value is -1.35. The van der Waals surface area contributed by atoms with Crippen molar-refractivity contribution in [3.63, 3.8) is 0 Å². The molecule has 1 saturated carbocycles. The van der Waals surface area contributed by atoms with Crippen LogP contribution in [0.2, 0.25) is 0 Å². The van der Waals surface area contributed by atoms with Crippen LogP contribution in [0.3, 0.4) is 0 Å². The van der Waals surface area contributed by atoms with Crippen LogP contribution in [0, 0.1) is 5.92 Å². The van der Waals surface area contributed by atoms with Crippen molar-refractivity contribution in [1.29, 1.82) is 0 Å². The minimum absolute atomic E-state index is 0.243. The summed E-state index contributed by atoms with van der Waals surface area (Å²) in [6.45, 7) is 1.35. The second kappa shape index (κ2) is 5.82. The number of hydrogen-bond acceptors (Lipinski definition) is 2. The van der Waals surface area contributed by atoms with Crippen LogP contribution in [-0.2, 0) is 4.79 Å². The van der Waals surface area contributed by atoms with Crippen LogP contribution in [0.15, 0.2) is 30.3 Å². The molecule has 1 fully saturated rings. The lowest BCUT2D eigenvalue weighted by atomic mass is 10.2. The average Bonchev–Trinajstić information content (AvgIpc) is 3.15. The van der Waals surface area contributed by atoms with Gasteiger partial charge in [-0.25, -0.2) is 0 Å². The molecule has 1 aliphatic rings. The van der Waals surface area contributed by atoms with Crippen LogP contribution in [0.5, 0.6) is 0 Å². The SMILES string of the molecule is NCCCN(C(=O)CC1CC1)c1ccccc1. The molecule has 0 bridgehead atoms. The predicted molar refractivity (Wildman–Crippen MR) is 69.8 cm³/mol. The Bertz CT molecular complexity index is 360. The smallest absolute Gasteiger partial charge is 0.227 e. The molecule has 3 heteroatoms. The lowest BCUT2D eigenvalue weighted by molar-refractivity contribution is -0.118. The summed E-state index contributed by atoms with van der Waals surface area (Å²) >= 11 is 0. The molecule has 0 unspecified atom stereocenters. The number of carbonyl (C=O) groups excluding carboxylic acids is 1. The second-order valence-corrected chi connectivity index (χ2v) is 4.67. The molecule has 0 saturated heterocycles. The van der Waals surface area contributed by atoms with Gasteiger partial charge in [0.15, 0.2) is 0 Å². The molecule has 1 aromatic rings. The molecule has 17 heavy (non-hydrogen) atoms. The molecule has 2 rings (SSSR count). The topological polar surface area (TPSA) is 46.3 Å². The van der Waals surface area contributed by atoms with E-state index < -0.39 is 0 Å². The van der Waals surface area contributed by atoms with Crippen molar-refractivity contribution in [1.82, 2.24) is 0 Å². The number of amides is 1. The minimum Gasteiger partial charge on any atom is -0.330 e. The van der Waals surface area contributed by atoms with Gasteiger partial charge < -0.3 is 10.6 Å². The molecule has 3 nitrogen and oxygen atoms in total. The Balaban J connectivity index is 2.03. The summed E-state index contributed by atoms with van der Waals surface area (Å²) in [4.78, 5) is 14.1. The first-order chi connectivity index (χ1) is 8.31. The van der Waals surface area contributed by atoms with Crippen molar-refractivity contribution in [3.8, 4) is 0 Å². The minimum atomic E-state index is 0.243. The maximum absolute atomic E-state index is 12.2. The fraction of sp³-hybridized carbons (Fsp3) is 0.500. The highest BCUT2D eigenvalue weighted by atomic mass is 16.2. The van der Waals surface area contributed by atoms with Crippen LogP contribution < -0.4 is 10.6 Å². The Labute approximate surface area is 103 Å². The summed E-state index contributed by atoms with van der Waals surface area (Å²) in [6, 6.07) is 9.88. The summed E-state index contributed by atoms with van der Waals surface area (Å²) in [5, 5.41) is 0. The van der Waals surface area contributed by atoms with E-state index >= 15 is 0 Å². The molecule has 0 aliphatic heterocycles. The molecule has 0 radical (unpaired) electrons. The van der Waals surface area contributed by atoms with Gasteiger partial charge in [-0.1, -0.05) is 18.2 Å². The summed E-state index contributed by atoms with van der Waals surface area (Å²) in [5.41, 5.74) is 6.52. The van der Waals surface area contributed by atoms with E-state index in [0.29, 0.717) is 18.9 Å². The maximum Gasteiger partial charge on any atom is 0.227 e. The third kappa shape index (κ3) is 3.56. The Morgan fingerprint density at radius 2 is 2.00 bits per heavy atom. The predicted octanol–water partition coefficient (Wildman–Crippen LogP) is 2.17. The van der Waals surface area contributed by atoms with E-state index in [-0.39, 0.29) is 5.91 Å². The van der Waals surface area contributed by atoms with Gasteiger partial charge >= 0.3 is 0 Å². The van der Waals surface area contributed by atoms with Crippen molar-refractivity contribution in [2.45, 2.75) is 25.7 Å². The zero-order chi connectivity index (χ0) is 12.1. The number of nitrogens with zero attached hydrogens (tertiary/aromatic N) is 1. The van der Waals surface area contributed by atoms with Gasteiger partial charge in [0.05, 0.1) is 0 Å². The Morgan fingerprint density at radius 1 is 1.29 bits per heavy atom. The quantitative estimate of drug-likeness (QED) is 0.817. The van der Waals surface area contributed by atoms with Gasteiger partial charge in [-0.05, 0) is 43.9 Å². The van der Waals surface area contributed by atoms with Gasteiger partial charge in [0.2, 0.25) is 5.91 Å². The van der Waals surface area contributed by atoms with Gasteiger partial charge in [-0.15, -0.1) is 0 Å². The van der Waals surface area contributed by atoms with Crippen LogP contribution >= 0.6 is 0 Å². The van der Waals surface area contributed by atoms with Crippen LogP contribution in [0.1, 0.15) is 25.7 Å². The largest absolute Gasteiger partial charge is 0.330 e. The second-order valence-electron chi connectivity index (χ2n) is 4.67. The molecule has 0 spiro atoms. The van der Waals surface area contributed by atoms with Gasteiger partial charge in [-0.3, -0.25) is 4.79 Å². The van der Waals surface area contributed by atoms with E-state index in [0.717, 1.165) is 18.7 Å². The number of nitrogens with two attached hydrogens (primary N) is 1. The highest BCUT2D eigenvalue weighted by Gasteiger charge is 2.27. The Morgan fingerprint density at radius 3 is 2.59 bits per heavy atom. The van der Waals surface area contributed by atoms with Gasteiger partial charge in [0.25, 0.3) is 0 Å². The molecule has 92 valence electrons. The zero-order valence-electron chi connectivity index (χ0n) is 10.1. The van der Waals surface area contributed by atoms with Crippen LogP contribution in [0.4, 0.5) is 5.69 Å². The molecule has 0 atom stereocenters. The van der Waals surface area contributed by atoms with Gasteiger partial charge in [-0.2, -0.15) is 0 Å². The first-order valence-electron chi connectivity index (χ1n) is 6.36. The Kier molecular flexibility index (Phi) is 4.15. The maximum atomic E-state index is 12.2. The van der Waals surface area contributed by atoms with E-state index in [1.54, 1.807) is 0 Å². The number of benzene rings is 1. The zero-order valence-corrected chi connectivity index (χ0v) is 10.1. The lowest BCUT2D eigenvalue weighted by Crippen LogP contribution is -2.33. The van der Waals surface area contributed by atoms with E-state index in [2.05, 4.69) is 0 Å². The monoisotopic (exact) mass is 232 g/mol. The van der Waals surface area contributed by atoms with Crippen LogP contribution in [-0.4, -0.2) is 19.0 Å². The van der Waals surface area contributed by atoms with Crippen molar-refractivity contribution in [2.75, 3.05) is 18.0 Å². The molecule has 2 N–H and O–H groups in total. The first-order valence-corrected chi connectivity index (χ1v) is 6.36. The number of hydrogen-bond donors (Lipinski definition) is 1. The van der Waals surface area contributed by atoms with Crippen molar-refractivity contribution < 1.29 is 4.79 Å². The summed E-state index contributed by atoms with van der Waals surface area (Å²) in [6.07, 6.45) is 3.97. The third-order valence-electron chi connectivity index (χ3n) is 3.11. The number of carbonyl (C=O) groups is 1. The van der Waals surface area contributed by atoms with Gasteiger partial charge in [0.1, 0.15) is 0 Å². The van der Waals surface area contributed by atoms with E-state index in [1.807, 2.05) is 35.2 Å². The molecule has 1 aliphatic carbocycles. The summed E-state index contributed by atoms with van der Waals surface area (Å²) in [5.74, 6) is 0.874. The number of anilines is 1. The van der Waals surface area contributed by atoms with Crippen molar-refractivity contribution in [2.24, 2.45) is 11.7 Å². The molecule has 0 aromatic heterocycles. The molecule has 1 amide bonds. The third-order valence-corrected chi connectivity index (χ3v) is 3.11. The molecular weight excluding hydrogens is 212 g/mol.